The van der Waals surface area contributed by atoms with E-state index in [1.54, 1.807) is 6.07 Å². The number of piperidine rings is 1. The lowest BCUT2D eigenvalue weighted by Gasteiger charge is -2.39. The van der Waals surface area contributed by atoms with E-state index in [2.05, 4.69) is 17.1 Å². The number of rotatable bonds is 5. The van der Waals surface area contributed by atoms with E-state index in [-0.39, 0.29) is 29.8 Å². The lowest BCUT2D eigenvalue weighted by molar-refractivity contribution is -0.137. The van der Waals surface area contributed by atoms with E-state index in [1.165, 1.54) is 11.6 Å². The Morgan fingerprint density at radius 1 is 0.970 bits per heavy atom. The highest BCUT2D eigenvalue weighted by molar-refractivity contribution is 5.95. The topological polar surface area (TPSA) is 32.8 Å². The lowest BCUT2D eigenvalue weighted by atomic mass is 9.98. The van der Waals surface area contributed by atoms with Gasteiger partial charge in [0.15, 0.2) is 0 Å². The molecule has 0 radical (unpaired) electrons. The molecule has 2 aromatic carbocycles. The Morgan fingerprint density at radius 3 is 2.27 bits per heavy atom. The fraction of sp³-hybridized carbons (Fsp3) is 0.423. The molecule has 4 nitrogen and oxygen atoms in total. The zero-order valence-corrected chi connectivity index (χ0v) is 18.3. The number of hydrogen-bond acceptors (Lipinski definition) is 3. The van der Waals surface area contributed by atoms with Gasteiger partial charge in [0.1, 0.15) is 11.9 Å². The molecular weight excluding hydrogens is 429 g/mol. The third kappa shape index (κ3) is 4.78. The minimum Gasteiger partial charge on any atom is -0.490 e. The molecule has 0 N–H and O–H groups in total. The van der Waals surface area contributed by atoms with E-state index in [9.17, 15) is 18.0 Å². The molecule has 0 saturated carbocycles. The molecule has 174 valence electrons. The van der Waals surface area contributed by atoms with Gasteiger partial charge in [0.2, 0.25) is 0 Å². The van der Waals surface area contributed by atoms with Gasteiger partial charge in [0, 0.05) is 50.1 Å². The highest BCUT2D eigenvalue weighted by Crippen LogP contribution is 2.39. The molecule has 0 spiro atoms. The van der Waals surface area contributed by atoms with Crippen molar-refractivity contribution in [3.63, 3.8) is 0 Å². The first-order valence-corrected chi connectivity index (χ1v) is 11.5. The average molecular weight is 457 g/mol. The molecule has 2 bridgehead atoms. The van der Waals surface area contributed by atoms with Crippen LogP contribution >= 0.6 is 0 Å². The van der Waals surface area contributed by atoms with Gasteiger partial charge in [0.25, 0.3) is 5.91 Å². The molecule has 3 aliphatic heterocycles. The van der Waals surface area contributed by atoms with Crippen molar-refractivity contribution >= 4 is 5.91 Å². The van der Waals surface area contributed by atoms with Crippen molar-refractivity contribution in [1.29, 1.82) is 0 Å². The number of fused-ring (bicyclic) bond motifs is 2. The van der Waals surface area contributed by atoms with Gasteiger partial charge in [-0.25, -0.2) is 0 Å². The number of amides is 1. The fourth-order valence-corrected chi connectivity index (χ4v) is 5.30. The number of nitrogens with zero attached hydrogens (tertiary/aromatic N) is 2. The Kier molecular flexibility index (Phi) is 5.91. The molecule has 2 atom stereocenters. The van der Waals surface area contributed by atoms with Crippen LogP contribution < -0.4 is 4.74 Å². The molecule has 7 heteroatoms. The molecule has 5 rings (SSSR count). The quantitative estimate of drug-likeness (QED) is 0.573. The summed E-state index contributed by atoms with van der Waals surface area (Å²) in [5.41, 5.74) is 1.17. The molecular formula is C26H27F3N2O2. The molecule has 2 aromatic rings. The minimum atomic E-state index is -4.39. The van der Waals surface area contributed by atoms with Crippen LogP contribution in [0.5, 0.6) is 5.75 Å². The summed E-state index contributed by atoms with van der Waals surface area (Å²) in [5.74, 6) is 0.271. The van der Waals surface area contributed by atoms with Crippen molar-refractivity contribution in [3.8, 4) is 5.75 Å². The molecule has 2 saturated heterocycles. The third-order valence-electron chi connectivity index (χ3n) is 6.89. The fourth-order valence-electron chi connectivity index (χ4n) is 5.30. The summed E-state index contributed by atoms with van der Waals surface area (Å²) in [6, 6.07) is 13.0. The van der Waals surface area contributed by atoms with Gasteiger partial charge in [-0.15, -0.1) is 0 Å². The Balaban J connectivity index is 1.22. The molecule has 33 heavy (non-hydrogen) atoms. The van der Waals surface area contributed by atoms with Gasteiger partial charge in [0.05, 0.1) is 5.56 Å². The number of carbonyl (C=O) groups is 1. The normalized spacial score (nSPS) is 24.9. The first-order chi connectivity index (χ1) is 15.9. The maximum absolute atomic E-state index is 13.3. The van der Waals surface area contributed by atoms with E-state index < -0.39 is 11.7 Å². The van der Waals surface area contributed by atoms with E-state index in [1.807, 2.05) is 29.2 Å². The van der Waals surface area contributed by atoms with Gasteiger partial charge in [-0.1, -0.05) is 30.4 Å². The number of carbonyl (C=O) groups excluding carboxylic acids is 1. The van der Waals surface area contributed by atoms with Crippen molar-refractivity contribution in [2.45, 2.75) is 56.6 Å². The van der Waals surface area contributed by atoms with Crippen molar-refractivity contribution in [3.05, 3.63) is 77.4 Å². The Hall–Kier alpha value is -2.80. The highest BCUT2D eigenvalue weighted by atomic mass is 19.4. The van der Waals surface area contributed by atoms with E-state index in [0.29, 0.717) is 18.4 Å². The second-order valence-electron chi connectivity index (χ2n) is 9.20. The maximum atomic E-state index is 13.3. The monoisotopic (exact) mass is 456 g/mol. The number of hydrogen-bond donors (Lipinski definition) is 0. The smallest absolute Gasteiger partial charge is 0.416 e. The first kappa shape index (κ1) is 22.0. The summed E-state index contributed by atoms with van der Waals surface area (Å²) >= 11 is 0. The summed E-state index contributed by atoms with van der Waals surface area (Å²) in [5, 5.41) is 0. The molecule has 3 aliphatic rings. The SMILES string of the molecule is O=C(c1ccc(CN2CC=CC2)cc1)N1C2CCC1CC(Oc1cccc(C(F)(F)F)c1)C2. The Bertz CT molecular complexity index is 1010. The summed E-state index contributed by atoms with van der Waals surface area (Å²) in [4.78, 5) is 17.6. The van der Waals surface area contributed by atoms with Crippen LogP contribution in [0.15, 0.2) is 60.7 Å². The van der Waals surface area contributed by atoms with E-state index in [0.717, 1.165) is 44.6 Å². The van der Waals surface area contributed by atoms with E-state index >= 15 is 0 Å². The third-order valence-corrected chi connectivity index (χ3v) is 6.89. The van der Waals surface area contributed by atoms with Gasteiger partial charge in [-0.3, -0.25) is 9.69 Å². The second kappa shape index (κ2) is 8.86. The highest BCUT2D eigenvalue weighted by Gasteiger charge is 2.44. The lowest BCUT2D eigenvalue weighted by Crippen LogP contribution is -2.49. The summed E-state index contributed by atoms with van der Waals surface area (Å²) in [6.45, 7) is 2.79. The molecule has 1 amide bonds. The zero-order valence-electron chi connectivity index (χ0n) is 18.3. The van der Waals surface area contributed by atoms with Gasteiger partial charge in [-0.2, -0.15) is 13.2 Å². The summed E-state index contributed by atoms with van der Waals surface area (Å²) in [7, 11) is 0. The van der Waals surface area contributed by atoms with Gasteiger partial charge >= 0.3 is 6.18 Å². The van der Waals surface area contributed by atoms with Crippen LogP contribution in [-0.4, -0.2) is 47.0 Å². The van der Waals surface area contributed by atoms with Gasteiger partial charge < -0.3 is 9.64 Å². The van der Waals surface area contributed by atoms with Crippen molar-refractivity contribution in [1.82, 2.24) is 9.80 Å². The van der Waals surface area contributed by atoms with Crippen LogP contribution in [0.3, 0.4) is 0 Å². The molecule has 3 heterocycles. The van der Waals surface area contributed by atoms with Crippen LogP contribution in [0.25, 0.3) is 0 Å². The van der Waals surface area contributed by atoms with Crippen LogP contribution in [0.1, 0.15) is 47.2 Å². The predicted molar refractivity (Wildman–Crippen MR) is 119 cm³/mol. The zero-order chi connectivity index (χ0) is 23.0. The number of alkyl halides is 3. The van der Waals surface area contributed by atoms with Crippen molar-refractivity contribution < 1.29 is 22.7 Å². The summed E-state index contributed by atoms with van der Waals surface area (Å²) < 4.78 is 44.9. The van der Waals surface area contributed by atoms with Crippen LogP contribution in [0, 0.1) is 0 Å². The Labute approximate surface area is 191 Å². The first-order valence-electron chi connectivity index (χ1n) is 11.5. The standard InChI is InChI=1S/C26H27F3N2O2/c27-26(28,29)20-4-3-5-23(14-20)33-24-15-21-10-11-22(16-24)31(21)25(32)19-8-6-18(7-9-19)17-30-12-1-2-13-30/h1-9,14,21-22,24H,10-13,15-17H2. The van der Waals surface area contributed by atoms with Crippen LogP contribution in [0.2, 0.25) is 0 Å². The average Bonchev–Trinajstić information content (AvgIpc) is 3.39. The molecule has 0 aromatic heterocycles. The van der Waals surface area contributed by atoms with Gasteiger partial charge in [-0.05, 0) is 48.7 Å². The number of ether oxygens (including phenoxy) is 1. The summed E-state index contributed by atoms with van der Waals surface area (Å²) in [6.07, 6.45) is 2.82. The predicted octanol–water partition coefficient (Wildman–Crippen LogP) is 5.29. The maximum Gasteiger partial charge on any atom is 0.416 e. The van der Waals surface area contributed by atoms with Crippen LogP contribution in [0.4, 0.5) is 13.2 Å². The molecule has 0 aliphatic carbocycles. The second-order valence-corrected chi connectivity index (χ2v) is 9.20. The Morgan fingerprint density at radius 2 is 1.64 bits per heavy atom. The molecule has 2 unspecified atom stereocenters. The van der Waals surface area contributed by atoms with Crippen LogP contribution in [-0.2, 0) is 12.7 Å². The van der Waals surface area contributed by atoms with Crippen molar-refractivity contribution in [2.75, 3.05) is 13.1 Å². The number of benzene rings is 2. The molecule has 2 fully saturated rings. The largest absolute Gasteiger partial charge is 0.490 e. The minimum absolute atomic E-state index is 0.0365. The van der Waals surface area contributed by atoms with E-state index in [4.69, 9.17) is 4.74 Å². The van der Waals surface area contributed by atoms with Crippen molar-refractivity contribution in [2.24, 2.45) is 0 Å². The number of halogens is 3.